The summed E-state index contributed by atoms with van der Waals surface area (Å²) in [7, 11) is 0. The molecule has 0 aliphatic carbocycles. The molecule has 2 unspecified atom stereocenters. The summed E-state index contributed by atoms with van der Waals surface area (Å²) in [5.74, 6) is -0.513. The molecule has 1 aliphatic rings. The molecule has 0 aromatic heterocycles. The van der Waals surface area contributed by atoms with Crippen molar-refractivity contribution >= 4 is 0 Å². The van der Waals surface area contributed by atoms with Crippen molar-refractivity contribution in [2.75, 3.05) is 19.8 Å². The van der Waals surface area contributed by atoms with Crippen LogP contribution in [0.1, 0.15) is 36.9 Å². The fourth-order valence-electron chi connectivity index (χ4n) is 2.65. The van der Waals surface area contributed by atoms with Gasteiger partial charge in [-0.2, -0.15) is 0 Å². The fraction of sp³-hybridized carbons (Fsp3) is 0.600. The van der Waals surface area contributed by atoms with Crippen LogP contribution in [0.4, 0.5) is 8.78 Å². The molecule has 1 saturated heterocycles. The number of nitrogens with one attached hydrogen (secondary N) is 1. The summed E-state index contributed by atoms with van der Waals surface area (Å²) in [6, 6.07) is 2.55. The lowest BCUT2D eigenvalue weighted by Crippen LogP contribution is -2.26. The lowest BCUT2D eigenvalue weighted by atomic mass is 9.92. The molecule has 1 aromatic carbocycles. The quantitative estimate of drug-likeness (QED) is 0.885. The number of benzene rings is 1. The van der Waals surface area contributed by atoms with Crippen LogP contribution in [-0.4, -0.2) is 19.8 Å². The van der Waals surface area contributed by atoms with Gasteiger partial charge in [0.05, 0.1) is 0 Å². The van der Waals surface area contributed by atoms with Crippen LogP contribution >= 0.6 is 0 Å². The van der Waals surface area contributed by atoms with Crippen LogP contribution in [0.15, 0.2) is 12.1 Å². The van der Waals surface area contributed by atoms with Gasteiger partial charge in [-0.05, 0) is 43.9 Å². The predicted molar refractivity (Wildman–Crippen MR) is 71.1 cm³/mol. The first kappa shape index (κ1) is 14.4. The molecule has 1 N–H and O–H groups in total. The average molecular weight is 269 g/mol. The Bertz CT molecular complexity index is 430. The van der Waals surface area contributed by atoms with Crippen molar-refractivity contribution in [3.8, 4) is 0 Å². The Balaban J connectivity index is 2.24. The number of halogens is 2. The van der Waals surface area contributed by atoms with Gasteiger partial charge in [-0.3, -0.25) is 0 Å². The molecule has 1 fully saturated rings. The second-order valence-corrected chi connectivity index (χ2v) is 5.17. The summed E-state index contributed by atoms with van der Waals surface area (Å²) < 4.78 is 33.5. The standard InChI is InChI=1S/C15H21F2NO/c1-3-18-13(8-11-6-7-19-9-11)14-12(16)5-4-10(2)15(14)17/h4-5,11,13,18H,3,6-9H2,1-2H3. The molecule has 1 aliphatic heterocycles. The number of hydrogen-bond donors (Lipinski definition) is 1. The second-order valence-electron chi connectivity index (χ2n) is 5.17. The summed E-state index contributed by atoms with van der Waals surface area (Å²) in [6.45, 7) is 5.74. The molecule has 19 heavy (non-hydrogen) atoms. The maximum absolute atomic E-state index is 14.2. The van der Waals surface area contributed by atoms with Crippen LogP contribution < -0.4 is 5.32 Å². The molecule has 2 atom stereocenters. The Labute approximate surface area is 113 Å². The third-order valence-electron chi connectivity index (χ3n) is 3.71. The van der Waals surface area contributed by atoms with Crippen LogP contribution in [0.3, 0.4) is 0 Å². The summed E-state index contributed by atoms with van der Waals surface area (Å²) in [5.41, 5.74) is 0.663. The molecule has 4 heteroatoms. The van der Waals surface area contributed by atoms with Crippen molar-refractivity contribution in [1.82, 2.24) is 5.32 Å². The highest BCUT2D eigenvalue weighted by Crippen LogP contribution is 2.30. The van der Waals surface area contributed by atoms with Crippen molar-refractivity contribution < 1.29 is 13.5 Å². The number of rotatable bonds is 5. The zero-order valence-electron chi connectivity index (χ0n) is 11.5. The SMILES string of the molecule is CCNC(CC1CCOC1)c1c(F)ccc(C)c1F. The smallest absolute Gasteiger partial charge is 0.133 e. The first-order valence-electron chi connectivity index (χ1n) is 6.89. The first-order valence-corrected chi connectivity index (χ1v) is 6.89. The largest absolute Gasteiger partial charge is 0.381 e. The lowest BCUT2D eigenvalue weighted by Gasteiger charge is -2.23. The van der Waals surface area contributed by atoms with E-state index in [2.05, 4.69) is 5.32 Å². The topological polar surface area (TPSA) is 21.3 Å². The molecule has 0 radical (unpaired) electrons. The molecule has 0 amide bonds. The van der Waals surface area contributed by atoms with E-state index in [0.717, 1.165) is 13.0 Å². The van der Waals surface area contributed by atoms with Crippen molar-refractivity contribution in [1.29, 1.82) is 0 Å². The van der Waals surface area contributed by atoms with Crippen LogP contribution in [0.5, 0.6) is 0 Å². The van der Waals surface area contributed by atoms with Gasteiger partial charge in [-0.1, -0.05) is 13.0 Å². The summed E-state index contributed by atoms with van der Waals surface area (Å²) in [5, 5.41) is 3.20. The zero-order chi connectivity index (χ0) is 13.8. The van der Waals surface area contributed by atoms with E-state index >= 15 is 0 Å². The van der Waals surface area contributed by atoms with Gasteiger partial charge in [0.1, 0.15) is 11.6 Å². The van der Waals surface area contributed by atoms with E-state index in [1.807, 2.05) is 6.92 Å². The van der Waals surface area contributed by atoms with Gasteiger partial charge in [0.25, 0.3) is 0 Å². The third kappa shape index (κ3) is 3.31. The monoisotopic (exact) mass is 269 g/mol. The van der Waals surface area contributed by atoms with Crippen molar-refractivity contribution in [3.05, 3.63) is 34.9 Å². The molecule has 0 bridgehead atoms. The maximum Gasteiger partial charge on any atom is 0.133 e. The van der Waals surface area contributed by atoms with Crippen molar-refractivity contribution in [2.45, 2.75) is 32.7 Å². The number of ether oxygens (including phenoxy) is 1. The molecule has 106 valence electrons. The van der Waals surface area contributed by atoms with Gasteiger partial charge < -0.3 is 10.1 Å². The zero-order valence-corrected chi connectivity index (χ0v) is 11.5. The van der Waals surface area contributed by atoms with Crippen molar-refractivity contribution in [3.63, 3.8) is 0 Å². The molecule has 1 heterocycles. The maximum atomic E-state index is 14.2. The highest BCUT2D eigenvalue weighted by molar-refractivity contribution is 5.29. The highest BCUT2D eigenvalue weighted by Gasteiger charge is 2.26. The van der Waals surface area contributed by atoms with Gasteiger partial charge in [0.2, 0.25) is 0 Å². The van der Waals surface area contributed by atoms with Crippen LogP contribution in [0, 0.1) is 24.5 Å². The summed E-state index contributed by atoms with van der Waals surface area (Å²) >= 11 is 0. The van der Waals surface area contributed by atoms with E-state index < -0.39 is 11.6 Å². The molecule has 1 aromatic rings. The van der Waals surface area contributed by atoms with E-state index in [1.54, 1.807) is 6.92 Å². The highest BCUT2D eigenvalue weighted by atomic mass is 19.1. The molecule has 2 nitrogen and oxygen atoms in total. The van der Waals surface area contributed by atoms with Gasteiger partial charge >= 0.3 is 0 Å². The minimum absolute atomic E-state index is 0.175. The Kier molecular flexibility index (Phi) is 4.88. The van der Waals surface area contributed by atoms with Gasteiger partial charge in [0.15, 0.2) is 0 Å². The van der Waals surface area contributed by atoms with E-state index in [1.165, 1.54) is 12.1 Å². The Morgan fingerprint density at radius 1 is 1.42 bits per heavy atom. The minimum atomic E-state index is -0.465. The molecular weight excluding hydrogens is 248 g/mol. The molecule has 0 spiro atoms. The van der Waals surface area contributed by atoms with E-state index in [-0.39, 0.29) is 11.6 Å². The second kappa shape index (κ2) is 6.44. The minimum Gasteiger partial charge on any atom is -0.381 e. The van der Waals surface area contributed by atoms with Gasteiger partial charge in [0, 0.05) is 24.8 Å². The predicted octanol–water partition coefficient (Wildman–Crippen LogP) is 3.35. The van der Waals surface area contributed by atoms with Crippen molar-refractivity contribution in [2.24, 2.45) is 5.92 Å². The van der Waals surface area contributed by atoms with Crippen LogP contribution in [0.2, 0.25) is 0 Å². The lowest BCUT2D eigenvalue weighted by molar-refractivity contribution is 0.181. The first-order chi connectivity index (χ1) is 9.13. The number of hydrogen-bond acceptors (Lipinski definition) is 2. The van der Waals surface area contributed by atoms with Gasteiger partial charge in [-0.25, -0.2) is 8.78 Å². The Hall–Kier alpha value is -1.00. The third-order valence-corrected chi connectivity index (χ3v) is 3.71. The van der Waals surface area contributed by atoms with Crippen LogP contribution in [-0.2, 0) is 4.74 Å². The van der Waals surface area contributed by atoms with E-state index in [0.29, 0.717) is 31.1 Å². The van der Waals surface area contributed by atoms with Gasteiger partial charge in [-0.15, -0.1) is 0 Å². The van der Waals surface area contributed by atoms with E-state index in [9.17, 15) is 8.78 Å². The molecule has 2 rings (SSSR count). The van der Waals surface area contributed by atoms with Crippen LogP contribution in [0.25, 0.3) is 0 Å². The summed E-state index contributed by atoms with van der Waals surface area (Å²) in [6.07, 6.45) is 1.68. The Morgan fingerprint density at radius 2 is 2.21 bits per heavy atom. The summed E-state index contributed by atoms with van der Waals surface area (Å²) in [4.78, 5) is 0. The normalized spacial score (nSPS) is 20.7. The fourth-order valence-corrected chi connectivity index (χ4v) is 2.65. The van der Waals surface area contributed by atoms with E-state index in [4.69, 9.17) is 4.74 Å². The molecule has 0 saturated carbocycles. The Morgan fingerprint density at radius 3 is 2.84 bits per heavy atom. The average Bonchev–Trinajstić information content (AvgIpc) is 2.87. The number of aryl methyl sites for hydroxylation is 1. The molecular formula is C15H21F2NO.